The molecule has 0 bridgehead atoms. The molecule has 0 amide bonds. The predicted molar refractivity (Wildman–Crippen MR) is 77.6 cm³/mol. The third kappa shape index (κ3) is 3.24. The van der Waals surface area contributed by atoms with Crippen molar-refractivity contribution in [2.24, 2.45) is 0 Å². The molecule has 2 aromatic carbocycles. The first kappa shape index (κ1) is 12.9. The van der Waals surface area contributed by atoms with Crippen molar-refractivity contribution in [2.45, 2.75) is 6.16 Å². The normalized spacial score (nSPS) is 10.8. The van der Waals surface area contributed by atoms with Crippen molar-refractivity contribution in [1.82, 2.24) is 0 Å². The smallest absolute Gasteiger partial charge is 0.126 e. The minimum atomic E-state index is 0.682. The van der Waals surface area contributed by atoms with Gasteiger partial charge in [-0.05, 0) is 29.9 Å². The molecule has 0 fully saturated rings. The van der Waals surface area contributed by atoms with Crippen LogP contribution in [-0.2, 0) is 6.16 Å². The molecular weight excluding hydrogens is 243 g/mol. The van der Waals surface area contributed by atoms with Gasteiger partial charge in [-0.1, -0.05) is 38.9 Å². The Morgan fingerprint density at radius 3 is 2.39 bits per heavy atom. The van der Waals surface area contributed by atoms with Crippen molar-refractivity contribution in [3.63, 3.8) is 0 Å². The van der Waals surface area contributed by atoms with Gasteiger partial charge < -0.3 is 9.47 Å². The van der Waals surface area contributed by atoms with Crippen LogP contribution in [-0.4, -0.2) is 14.2 Å². The SMILES string of the molecule is COc1ccc(OC)c(PCc2ccccc2)c1. The minimum absolute atomic E-state index is 0.682. The first-order valence-corrected chi connectivity index (χ1v) is 7.04. The molecule has 3 heteroatoms. The molecule has 0 aliphatic carbocycles. The molecule has 0 saturated carbocycles. The van der Waals surface area contributed by atoms with Crippen molar-refractivity contribution in [3.8, 4) is 11.5 Å². The van der Waals surface area contributed by atoms with Crippen molar-refractivity contribution in [2.75, 3.05) is 14.2 Å². The molecule has 0 aliphatic heterocycles. The van der Waals surface area contributed by atoms with Gasteiger partial charge in [0.05, 0.1) is 14.2 Å². The van der Waals surface area contributed by atoms with Gasteiger partial charge in [0, 0.05) is 5.30 Å². The van der Waals surface area contributed by atoms with Gasteiger partial charge in [-0.2, -0.15) is 0 Å². The lowest BCUT2D eigenvalue weighted by atomic mass is 10.2. The van der Waals surface area contributed by atoms with E-state index < -0.39 is 0 Å². The second-order valence-electron chi connectivity index (χ2n) is 3.91. The molecule has 18 heavy (non-hydrogen) atoms. The fraction of sp³-hybridized carbons (Fsp3) is 0.200. The van der Waals surface area contributed by atoms with Crippen LogP contribution in [0.25, 0.3) is 0 Å². The van der Waals surface area contributed by atoms with Gasteiger partial charge in [0.25, 0.3) is 0 Å². The molecule has 2 nitrogen and oxygen atoms in total. The van der Waals surface area contributed by atoms with Crippen molar-refractivity contribution in [1.29, 1.82) is 0 Å². The van der Waals surface area contributed by atoms with Gasteiger partial charge in [-0.15, -0.1) is 0 Å². The van der Waals surface area contributed by atoms with Gasteiger partial charge in [0.2, 0.25) is 0 Å². The van der Waals surface area contributed by atoms with Gasteiger partial charge in [-0.3, -0.25) is 0 Å². The second kappa shape index (κ2) is 6.42. The first-order valence-electron chi connectivity index (χ1n) is 5.83. The maximum absolute atomic E-state index is 5.38. The highest BCUT2D eigenvalue weighted by molar-refractivity contribution is 7.46. The quantitative estimate of drug-likeness (QED) is 0.768. The summed E-state index contributed by atoms with van der Waals surface area (Å²) in [6.45, 7) is 0. The average Bonchev–Trinajstić information content (AvgIpc) is 2.45. The highest BCUT2D eigenvalue weighted by Crippen LogP contribution is 2.26. The number of methoxy groups -OCH3 is 2. The van der Waals surface area contributed by atoms with E-state index in [1.165, 1.54) is 10.9 Å². The van der Waals surface area contributed by atoms with E-state index in [1.54, 1.807) is 14.2 Å². The Labute approximate surface area is 110 Å². The van der Waals surface area contributed by atoms with Crippen LogP contribution < -0.4 is 14.8 Å². The van der Waals surface area contributed by atoms with E-state index in [9.17, 15) is 0 Å². The molecule has 2 aromatic rings. The van der Waals surface area contributed by atoms with E-state index in [2.05, 4.69) is 30.3 Å². The van der Waals surface area contributed by atoms with Crippen LogP contribution in [0.1, 0.15) is 5.56 Å². The Hall–Kier alpha value is -1.53. The lowest BCUT2D eigenvalue weighted by molar-refractivity contribution is 0.406. The molecule has 0 aliphatic rings. The van der Waals surface area contributed by atoms with E-state index in [4.69, 9.17) is 9.47 Å². The second-order valence-corrected chi connectivity index (χ2v) is 5.15. The highest BCUT2D eigenvalue weighted by atomic mass is 31.1. The van der Waals surface area contributed by atoms with Crippen LogP contribution >= 0.6 is 8.58 Å². The summed E-state index contributed by atoms with van der Waals surface area (Å²) in [5.74, 6) is 1.82. The molecule has 0 saturated heterocycles. The Bertz CT molecular complexity index is 497. The standard InChI is InChI=1S/C15H17O2P/c1-16-13-8-9-14(17-2)15(10-13)18-11-12-6-4-3-5-7-12/h3-10,18H,11H2,1-2H3. The number of hydrogen-bond donors (Lipinski definition) is 0. The summed E-state index contributed by atoms with van der Waals surface area (Å²) in [6.07, 6.45) is 1.03. The van der Waals surface area contributed by atoms with E-state index in [0.29, 0.717) is 8.58 Å². The van der Waals surface area contributed by atoms with E-state index in [1.807, 2.05) is 18.2 Å². The molecule has 1 atom stereocenters. The number of benzene rings is 2. The predicted octanol–water partition coefficient (Wildman–Crippen LogP) is 3.21. The van der Waals surface area contributed by atoms with Crippen LogP contribution in [0.2, 0.25) is 0 Å². The van der Waals surface area contributed by atoms with E-state index in [0.717, 1.165) is 17.7 Å². The monoisotopic (exact) mass is 260 g/mol. The van der Waals surface area contributed by atoms with E-state index >= 15 is 0 Å². The largest absolute Gasteiger partial charge is 0.497 e. The first-order chi connectivity index (χ1) is 8.83. The fourth-order valence-electron chi connectivity index (χ4n) is 1.75. The number of hydrogen-bond acceptors (Lipinski definition) is 2. The maximum atomic E-state index is 5.38. The summed E-state index contributed by atoms with van der Waals surface area (Å²) >= 11 is 0. The molecule has 0 spiro atoms. The molecule has 0 N–H and O–H groups in total. The Balaban J connectivity index is 2.12. The van der Waals surface area contributed by atoms with Crippen LogP contribution in [0.3, 0.4) is 0 Å². The van der Waals surface area contributed by atoms with Gasteiger partial charge in [0.15, 0.2) is 0 Å². The van der Waals surface area contributed by atoms with Crippen molar-refractivity contribution < 1.29 is 9.47 Å². The molecule has 1 unspecified atom stereocenters. The average molecular weight is 260 g/mol. The lowest BCUT2D eigenvalue weighted by Gasteiger charge is -2.10. The Kier molecular flexibility index (Phi) is 4.60. The summed E-state index contributed by atoms with van der Waals surface area (Å²) in [6, 6.07) is 16.4. The van der Waals surface area contributed by atoms with Crippen molar-refractivity contribution in [3.05, 3.63) is 54.1 Å². The molecule has 0 aromatic heterocycles. The summed E-state index contributed by atoms with van der Waals surface area (Å²) in [7, 11) is 4.08. The van der Waals surface area contributed by atoms with Crippen LogP contribution in [0.15, 0.2) is 48.5 Å². The minimum Gasteiger partial charge on any atom is -0.497 e. The topological polar surface area (TPSA) is 18.5 Å². The van der Waals surface area contributed by atoms with Gasteiger partial charge in [0.1, 0.15) is 11.5 Å². The zero-order valence-electron chi connectivity index (χ0n) is 10.6. The zero-order chi connectivity index (χ0) is 12.8. The molecule has 0 heterocycles. The van der Waals surface area contributed by atoms with Gasteiger partial charge >= 0.3 is 0 Å². The van der Waals surface area contributed by atoms with Gasteiger partial charge in [-0.25, -0.2) is 0 Å². The highest BCUT2D eigenvalue weighted by Gasteiger charge is 2.05. The van der Waals surface area contributed by atoms with E-state index in [-0.39, 0.29) is 0 Å². The van der Waals surface area contributed by atoms with Crippen LogP contribution in [0.5, 0.6) is 11.5 Å². The Morgan fingerprint density at radius 2 is 1.72 bits per heavy atom. The van der Waals surface area contributed by atoms with Crippen LogP contribution in [0.4, 0.5) is 0 Å². The third-order valence-electron chi connectivity index (χ3n) is 2.73. The zero-order valence-corrected chi connectivity index (χ0v) is 11.6. The fourth-order valence-corrected chi connectivity index (χ4v) is 2.98. The summed E-state index contributed by atoms with van der Waals surface area (Å²) in [5, 5.41) is 1.21. The molecule has 2 rings (SSSR count). The lowest BCUT2D eigenvalue weighted by Crippen LogP contribution is -2.02. The van der Waals surface area contributed by atoms with Crippen molar-refractivity contribution >= 4 is 13.9 Å². The summed E-state index contributed by atoms with van der Waals surface area (Å²) < 4.78 is 10.6. The molecular formula is C15H17O2P. The number of rotatable bonds is 5. The van der Waals surface area contributed by atoms with Crippen LogP contribution in [0, 0.1) is 0 Å². The summed E-state index contributed by atoms with van der Waals surface area (Å²) in [4.78, 5) is 0. The molecule has 94 valence electrons. The maximum Gasteiger partial charge on any atom is 0.126 e. The molecule has 0 radical (unpaired) electrons. The Morgan fingerprint density at radius 1 is 0.944 bits per heavy atom. The number of ether oxygens (including phenoxy) is 2. The summed E-state index contributed by atoms with van der Waals surface area (Å²) in [5.41, 5.74) is 1.35. The third-order valence-corrected chi connectivity index (χ3v) is 4.09.